The van der Waals surface area contributed by atoms with Crippen molar-refractivity contribution in [2.24, 2.45) is 23.2 Å². The molecule has 232 valence electrons. The Hall–Kier alpha value is -3.84. The molecule has 0 unspecified atom stereocenters. The van der Waals surface area contributed by atoms with E-state index in [2.05, 4.69) is 10.6 Å². The van der Waals surface area contributed by atoms with E-state index in [-0.39, 0.29) is 36.7 Å². The molecular formula is C29H45N7O6. The van der Waals surface area contributed by atoms with Gasteiger partial charge in [-0.25, -0.2) is 5.84 Å². The van der Waals surface area contributed by atoms with Crippen LogP contribution in [-0.2, 0) is 24.0 Å². The lowest BCUT2D eigenvalue weighted by Crippen LogP contribution is -2.59. The van der Waals surface area contributed by atoms with Gasteiger partial charge in [0.15, 0.2) is 0 Å². The Morgan fingerprint density at radius 1 is 1.02 bits per heavy atom. The van der Waals surface area contributed by atoms with E-state index in [9.17, 15) is 28.8 Å². The van der Waals surface area contributed by atoms with E-state index in [0.29, 0.717) is 45.2 Å². The Labute approximate surface area is 246 Å². The molecule has 8 N–H and O–H groups in total. The third kappa shape index (κ3) is 10.2. The van der Waals surface area contributed by atoms with Crippen LogP contribution in [0.15, 0.2) is 30.3 Å². The molecule has 1 aliphatic heterocycles. The van der Waals surface area contributed by atoms with E-state index in [1.54, 1.807) is 18.2 Å². The van der Waals surface area contributed by atoms with Crippen LogP contribution in [0.1, 0.15) is 75.6 Å². The summed E-state index contributed by atoms with van der Waals surface area (Å²) in [4.78, 5) is 78.0. The average Bonchev–Trinajstić information content (AvgIpc) is 3.44. The molecule has 13 heteroatoms. The number of nitrogens with two attached hydrogens (primary N) is 3. The maximum Gasteiger partial charge on any atom is 0.268 e. The fourth-order valence-corrected chi connectivity index (χ4v) is 4.95. The first-order chi connectivity index (χ1) is 20.0. The van der Waals surface area contributed by atoms with E-state index in [1.807, 2.05) is 13.8 Å². The minimum Gasteiger partial charge on any atom is -0.370 e. The quantitative estimate of drug-likeness (QED) is 0.0548. The fraction of sp³-hybridized carbons (Fsp3) is 0.586. The van der Waals surface area contributed by atoms with Gasteiger partial charge in [-0.05, 0) is 69.5 Å². The number of hydrogen-bond acceptors (Lipinski definition) is 8. The van der Waals surface area contributed by atoms with Crippen LogP contribution < -0.4 is 27.9 Å². The van der Waals surface area contributed by atoms with E-state index in [1.165, 1.54) is 17.0 Å². The summed E-state index contributed by atoms with van der Waals surface area (Å²) < 4.78 is 0. The molecule has 1 heterocycles. The molecule has 0 radical (unpaired) electrons. The number of aldehydes is 1. The molecule has 2 rings (SSSR count). The number of amides is 5. The van der Waals surface area contributed by atoms with Gasteiger partial charge < -0.3 is 31.8 Å². The number of nitrogens with zero attached hydrogens (tertiary/aromatic N) is 2. The summed E-state index contributed by atoms with van der Waals surface area (Å²) in [5.74, 6) is 3.06. The van der Waals surface area contributed by atoms with E-state index >= 15 is 0 Å². The van der Waals surface area contributed by atoms with Crippen LogP contribution >= 0.6 is 0 Å². The van der Waals surface area contributed by atoms with Crippen LogP contribution in [0.25, 0.3) is 0 Å². The molecule has 0 saturated carbocycles. The number of benzene rings is 1. The van der Waals surface area contributed by atoms with Gasteiger partial charge in [0.1, 0.15) is 24.4 Å². The van der Waals surface area contributed by atoms with Gasteiger partial charge in [-0.2, -0.15) is 0 Å². The first-order valence-electron chi connectivity index (χ1n) is 14.5. The van der Waals surface area contributed by atoms with Crippen molar-refractivity contribution in [3.8, 4) is 0 Å². The number of primary amides is 1. The number of unbranched alkanes of at least 4 members (excludes halogenated alkanes) is 1. The summed E-state index contributed by atoms with van der Waals surface area (Å²) in [6, 6.07) is 4.27. The Bertz CT molecular complexity index is 1080. The predicted molar refractivity (Wildman–Crippen MR) is 156 cm³/mol. The monoisotopic (exact) mass is 587 g/mol. The maximum absolute atomic E-state index is 13.6. The molecule has 1 aromatic carbocycles. The van der Waals surface area contributed by atoms with Crippen LogP contribution in [0.4, 0.5) is 0 Å². The smallest absolute Gasteiger partial charge is 0.268 e. The Kier molecular flexibility index (Phi) is 14.1. The van der Waals surface area contributed by atoms with Crippen LogP contribution in [-0.4, -0.2) is 83.0 Å². The molecule has 0 aliphatic carbocycles. The zero-order valence-electron chi connectivity index (χ0n) is 24.5. The molecule has 4 atom stereocenters. The molecule has 0 aromatic heterocycles. The number of likely N-dealkylation sites (tertiary alicyclic amines) is 1. The third-order valence-corrected chi connectivity index (χ3v) is 7.20. The molecule has 1 fully saturated rings. The molecule has 0 spiro atoms. The summed E-state index contributed by atoms with van der Waals surface area (Å²) in [6.07, 6.45) is 3.38. The number of rotatable bonds is 17. The fourth-order valence-electron chi connectivity index (χ4n) is 4.95. The first-order valence-corrected chi connectivity index (χ1v) is 14.5. The minimum absolute atomic E-state index is 0.0329. The van der Waals surface area contributed by atoms with E-state index in [0.717, 1.165) is 11.3 Å². The van der Waals surface area contributed by atoms with Crippen molar-refractivity contribution in [1.82, 2.24) is 20.5 Å². The molecule has 1 saturated heterocycles. The van der Waals surface area contributed by atoms with Crippen molar-refractivity contribution in [2.45, 2.75) is 89.4 Å². The van der Waals surface area contributed by atoms with Gasteiger partial charge in [-0.3, -0.25) is 29.0 Å². The van der Waals surface area contributed by atoms with E-state index in [4.69, 9.17) is 17.3 Å². The molecule has 13 nitrogen and oxygen atoms in total. The SMILES string of the molecule is CC(C)C[C@H](NC(=O)[C@H](CCC(N)=O)N(N)C(=O)c1ccccc1)C(=O)N[C@@H](CCCCN)C(=O)N1CCC[C@H]1C=O. The Morgan fingerprint density at radius 3 is 2.29 bits per heavy atom. The van der Waals surface area contributed by atoms with Gasteiger partial charge in [-0.15, -0.1) is 0 Å². The number of carbonyl (C=O) groups excluding carboxylic acids is 6. The highest BCUT2D eigenvalue weighted by Crippen LogP contribution is 2.19. The zero-order valence-corrected chi connectivity index (χ0v) is 24.5. The maximum atomic E-state index is 13.6. The zero-order chi connectivity index (χ0) is 31.2. The summed E-state index contributed by atoms with van der Waals surface area (Å²) in [6.45, 7) is 4.58. The highest BCUT2D eigenvalue weighted by atomic mass is 16.2. The normalized spacial score (nSPS) is 16.8. The van der Waals surface area contributed by atoms with Crippen molar-refractivity contribution < 1.29 is 28.8 Å². The molecule has 5 amide bonds. The van der Waals surface area contributed by atoms with Crippen LogP contribution in [0.2, 0.25) is 0 Å². The first kappa shape index (κ1) is 34.4. The molecule has 1 aliphatic rings. The number of hydrogen-bond donors (Lipinski definition) is 5. The van der Waals surface area contributed by atoms with Crippen LogP contribution in [0, 0.1) is 5.92 Å². The Morgan fingerprint density at radius 2 is 1.69 bits per heavy atom. The molecule has 0 bridgehead atoms. The average molecular weight is 588 g/mol. The second-order valence-electron chi connectivity index (χ2n) is 11.0. The van der Waals surface area contributed by atoms with Crippen molar-refractivity contribution in [1.29, 1.82) is 0 Å². The third-order valence-electron chi connectivity index (χ3n) is 7.20. The van der Waals surface area contributed by atoms with Gasteiger partial charge in [0.25, 0.3) is 5.91 Å². The summed E-state index contributed by atoms with van der Waals surface area (Å²) >= 11 is 0. The highest BCUT2D eigenvalue weighted by Gasteiger charge is 2.36. The molecular weight excluding hydrogens is 542 g/mol. The summed E-state index contributed by atoms with van der Waals surface area (Å²) in [7, 11) is 0. The van der Waals surface area contributed by atoms with Gasteiger partial charge in [0.05, 0.1) is 6.04 Å². The topological polar surface area (TPSA) is 211 Å². The van der Waals surface area contributed by atoms with E-state index < -0.39 is 47.8 Å². The van der Waals surface area contributed by atoms with Crippen molar-refractivity contribution >= 4 is 35.8 Å². The summed E-state index contributed by atoms with van der Waals surface area (Å²) in [5, 5.41) is 6.21. The second kappa shape index (κ2) is 17.2. The highest BCUT2D eigenvalue weighted by molar-refractivity contribution is 5.98. The van der Waals surface area contributed by atoms with Crippen molar-refractivity contribution in [3.05, 3.63) is 35.9 Å². The number of carbonyl (C=O) groups is 6. The van der Waals surface area contributed by atoms with Gasteiger partial charge >= 0.3 is 0 Å². The van der Waals surface area contributed by atoms with Gasteiger partial charge in [0.2, 0.25) is 23.6 Å². The van der Waals surface area contributed by atoms with Crippen LogP contribution in [0.5, 0.6) is 0 Å². The largest absolute Gasteiger partial charge is 0.370 e. The van der Waals surface area contributed by atoms with Crippen LogP contribution in [0.3, 0.4) is 0 Å². The standard InChI is InChI=1S/C29H45N7O6/c1-19(2)17-23(26(39)33-22(12-6-7-15-30)29(42)35-16-8-11-21(35)18-37)34-27(40)24(13-14-25(31)38)36(32)28(41)20-9-4-3-5-10-20/h3-5,9-10,18-19,21-24H,6-8,11-17,30,32H2,1-2H3,(H2,31,38)(H,33,39)(H,34,40)/t21-,22-,23-,24-/m0/s1. The molecule has 42 heavy (non-hydrogen) atoms. The second-order valence-corrected chi connectivity index (χ2v) is 11.0. The van der Waals surface area contributed by atoms with Crippen molar-refractivity contribution in [2.75, 3.05) is 13.1 Å². The molecule has 1 aromatic rings. The Balaban J connectivity index is 2.26. The number of nitrogens with one attached hydrogen (secondary N) is 2. The van der Waals surface area contributed by atoms with Gasteiger partial charge in [0, 0.05) is 18.5 Å². The number of hydrazine groups is 1. The summed E-state index contributed by atoms with van der Waals surface area (Å²) in [5.41, 5.74) is 11.2. The van der Waals surface area contributed by atoms with Crippen molar-refractivity contribution in [3.63, 3.8) is 0 Å². The predicted octanol–water partition coefficient (Wildman–Crippen LogP) is -0.0288. The lowest BCUT2D eigenvalue weighted by Gasteiger charge is -2.31. The van der Waals surface area contributed by atoms with Gasteiger partial charge in [-0.1, -0.05) is 32.0 Å². The lowest BCUT2D eigenvalue weighted by atomic mass is 10.0. The minimum atomic E-state index is -1.30. The lowest BCUT2D eigenvalue weighted by molar-refractivity contribution is -0.139.